The van der Waals surface area contributed by atoms with E-state index in [2.05, 4.69) is 0 Å². The lowest BCUT2D eigenvalue weighted by Crippen LogP contribution is -2.13. The first-order valence-electron chi connectivity index (χ1n) is 2.19. The summed E-state index contributed by atoms with van der Waals surface area (Å²) in [6.07, 6.45) is 0.0806. The first-order valence-corrected chi connectivity index (χ1v) is 4.56. The number of hydrogen-bond donors (Lipinski definition) is 0. The molecule has 0 aliphatic heterocycles. The van der Waals surface area contributed by atoms with Gasteiger partial charge in [-0.25, -0.2) is 12.3 Å². The monoisotopic (exact) mass is 162 g/mol. The van der Waals surface area contributed by atoms with Crippen LogP contribution in [0.25, 0.3) is 0 Å². The van der Waals surface area contributed by atoms with Gasteiger partial charge in [-0.15, -0.1) is 11.6 Å². The molecule has 0 spiro atoms. The predicted octanol–water partition coefficient (Wildman–Crippen LogP) is 2.46. The van der Waals surface area contributed by atoms with E-state index in [1.807, 2.05) is 0 Å². The molecule has 0 aromatic carbocycles. The molecule has 0 aromatic heterocycles. The van der Waals surface area contributed by atoms with Gasteiger partial charge >= 0.3 is 9.08 Å². The highest BCUT2D eigenvalue weighted by Crippen LogP contribution is 2.16. The first-order chi connectivity index (χ1) is 3.56. The summed E-state index contributed by atoms with van der Waals surface area (Å²) in [7, 11) is -5.26. The molecule has 0 aliphatic rings. The summed E-state index contributed by atoms with van der Waals surface area (Å²) in [5.41, 5.74) is 0. The fourth-order valence-corrected chi connectivity index (χ4v) is 1.20. The van der Waals surface area contributed by atoms with Crippen molar-refractivity contribution < 1.29 is 12.3 Å². The number of halogens is 4. The van der Waals surface area contributed by atoms with E-state index in [1.54, 1.807) is 0 Å². The SMILES string of the molecule is F[Si](F)(F)CCCCl. The Morgan fingerprint density at radius 2 is 1.75 bits per heavy atom. The van der Waals surface area contributed by atoms with Crippen molar-refractivity contribution in [3.8, 4) is 0 Å². The molecule has 0 aromatic rings. The molecule has 5 heteroatoms. The zero-order chi connectivity index (χ0) is 6.62. The Kier molecular flexibility index (Phi) is 3.47. The van der Waals surface area contributed by atoms with E-state index in [1.165, 1.54) is 0 Å². The number of hydrogen-bond acceptors (Lipinski definition) is 0. The average Bonchev–Trinajstić information content (AvgIpc) is 1.59. The molecule has 0 nitrogen and oxygen atoms in total. The molecule has 0 atom stereocenters. The summed E-state index contributed by atoms with van der Waals surface area (Å²) < 4.78 is 34.0. The minimum absolute atomic E-state index is 0.0806. The normalized spacial score (nSPS) is 12.0. The maximum Gasteiger partial charge on any atom is 0.616 e. The molecule has 0 bridgehead atoms. The summed E-state index contributed by atoms with van der Waals surface area (Å²) in [4.78, 5) is 0. The van der Waals surface area contributed by atoms with Crippen LogP contribution < -0.4 is 0 Å². The topological polar surface area (TPSA) is 0 Å². The molecule has 0 fully saturated rings. The molecule has 0 saturated heterocycles. The van der Waals surface area contributed by atoms with Crippen LogP contribution >= 0.6 is 11.6 Å². The third kappa shape index (κ3) is 6.30. The molecule has 0 saturated carbocycles. The van der Waals surface area contributed by atoms with Crippen LogP contribution in [0.3, 0.4) is 0 Å². The molecular formula is C3H6ClF3Si. The van der Waals surface area contributed by atoms with Crippen molar-refractivity contribution in [3.05, 3.63) is 0 Å². The van der Waals surface area contributed by atoms with Crippen molar-refractivity contribution in [1.29, 1.82) is 0 Å². The third-order valence-corrected chi connectivity index (χ3v) is 1.78. The van der Waals surface area contributed by atoms with Gasteiger partial charge in [-0.2, -0.15) is 0 Å². The van der Waals surface area contributed by atoms with Crippen LogP contribution in [-0.4, -0.2) is 15.0 Å². The highest BCUT2D eigenvalue weighted by atomic mass is 35.5. The van der Waals surface area contributed by atoms with Crippen LogP contribution in [-0.2, 0) is 0 Å². The van der Waals surface area contributed by atoms with Crippen molar-refractivity contribution >= 4 is 20.7 Å². The second-order valence-electron chi connectivity index (χ2n) is 1.41. The third-order valence-electron chi connectivity index (χ3n) is 0.594. The highest BCUT2D eigenvalue weighted by Gasteiger charge is 2.34. The molecule has 50 valence electrons. The molecule has 0 heterocycles. The van der Waals surface area contributed by atoms with Gasteiger partial charge in [-0.3, -0.25) is 0 Å². The summed E-state index contributed by atoms with van der Waals surface area (Å²) in [6, 6.07) is -0.628. The van der Waals surface area contributed by atoms with Gasteiger partial charge in [0.25, 0.3) is 0 Å². The van der Waals surface area contributed by atoms with E-state index in [0.29, 0.717) is 0 Å². The summed E-state index contributed by atoms with van der Waals surface area (Å²) >= 11 is 5.03. The van der Waals surface area contributed by atoms with Gasteiger partial charge in [0.05, 0.1) is 0 Å². The van der Waals surface area contributed by atoms with Gasteiger partial charge in [-0.1, -0.05) is 0 Å². The Balaban J connectivity index is 3.11. The lowest BCUT2D eigenvalue weighted by molar-refractivity contribution is 0.466. The highest BCUT2D eigenvalue weighted by molar-refractivity contribution is 6.58. The lowest BCUT2D eigenvalue weighted by atomic mass is 10.6. The van der Waals surface area contributed by atoms with Crippen molar-refractivity contribution in [2.45, 2.75) is 12.5 Å². The quantitative estimate of drug-likeness (QED) is 0.340. The number of rotatable bonds is 3. The smallest absolute Gasteiger partial charge is 0.238 e. The van der Waals surface area contributed by atoms with Crippen molar-refractivity contribution in [2.24, 2.45) is 0 Å². The van der Waals surface area contributed by atoms with E-state index < -0.39 is 15.1 Å². The standard InChI is InChI=1S/C3H6ClF3Si/c4-2-1-3-8(5,6)7/h1-3H2. The van der Waals surface area contributed by atoms with Gasteiger partial charge in [0.1, 0.15) is 0 Å². The summed E-state index contributed by atoms with van der Waals surface area (Å²) in [5.74, 6) is 0.118. The molecule has 0 N–H and O–H groups in total. The van der Waals surface area contributed by atoms with Gasteiger partial charge < -0.3 is 0 Å². The van der Waals surface area contributed by atoms with Gasteiger partial charge in [-0.05, 0) is 6.42 Å². The Morgan fingerprint density at radius 1 is 1.25 bits per heavy atom. The second kappa shape index (κ2) is 3.35. The molecule has 0 amide bonds. The van der Waals surface area contributed by atoms with Crippen molar-refractivity contribution in [1.82, 2.24) is 0 Å². The van der Waals surface area contributed by atoms with Gasteiger partial charge in [0.15, 0.2) is 0 Å². The first kappa shape index (κ1) is 8.30. The van der Waals surface area contributed by atoms with Crippen molar-refractivity contribution in [2.75, 3.05) is 5.88 Å². The number of alkyl halides is 1. The fourth-order valence-electron chi connectivity index (χ4n) is 0.267. The van der Waals surface area contributed by atoms with Crippen LogP contribution in [0.4, 0.5) is 12.3 Å². The summed E-state index contributed by atoms with van der Waals surface area (Å²) in [6.45, 7) is 0. The van der Waals surface area contributed by atoms with Crippen LogP contribution in [0.2, 0.25) is 6.04 Å². The second-order valence-corrected chi connectivity index (χ2v) is 3.52. The maximum atomic E-state index is 11.3. The zero-order valence-electron chi connectivity index (χ0n) is 4.13. The zero-order valence-corrected chi connectivity index (χ0v) is 5.89. The largest absolute Gasteiger partial charge is 0.616 e. The molecule has 0 unspecified atom stereocenters. The van der Waals surface area contributed by atoms with Crippen molar-refractivity contribution in [3.63, 3.8) is 0 Å². The lowest BCUT2D eigenvalue weighted by Gasteiger charge is -1.96. The Morgan fingerprint density at radius 3 is 1.88 bits per heavy atom. The molecule has 0 radical (unpaired) electrons. The molecule has 0 rings (SSSR count). The molecule has 0 aliphatic carbocycles. The van der Waals surface area contributed by atoms with Crippen LogP contribution in [0.15, 0.2) is 0 Å². The van der Waals surface area contributed by atoms with E-state index in [9.17, 15) is 12.3 Å². The van der Waals surface area contributed by atoms with Crippen LogP contribution in [0.1, 0.15) is 6.42 Å². The fraction of sp³-hybridized carbons (Fsp3) is 1.00. The minimum Gasteiger partial charge on any atom is -0.238 e. The molecule has 8 heavy (non-hydrogen) atoms. The van der Waals surface area contributed by atoms with E-state index in [-0.39, 0.29) is 12.3 Å². The van der Waals surface area contributed by atoms with E-state index in [0.717, 1.165) is 0 Å². The molecular weight excluding hydrogens is 157 g/mol. The average molecular weight is 163 g/mol. The maximum absolute atomic E-state index is 11.3. The van der Waals surface area contributed by atoms with Gasteiger partial charge in [0, 0.05) is 11.9 Å². The Bertz CT molecular complexity index is 62.0. The predicted molar refractivity (Wildman–Crippen MR) is 29.2 cm³/mol. The van der Waals surface area contributed by atoms with E-state index in [4.69, 9.17) is 11.6 Å². The Hall–Kier alpha value is 0.297. The Labute approximate surface area is 52.2 Å². The van der Waals surface area contributed by atoms with Gasteiger partial charge in [0.2, 0.25) is 0 Å². The van der Waals surface area contributed by atoms with Crippen LogP contribution in [0, 0.1) is 0 Å². The summed E-state index contributed by atoms with van der Waals surface area (Å²) in [5, 5.41) is 0. The minimum atomic E-state index is -5.26. The van der Waals surface area contributed by atoms with E-state index >= 15 is 0 Å². The van der Waals surface area contributed by atoms with Crippen LogP contribution in [0.5, 0.6) is 0 Å².